The molecule has 0 aliphatic carbocycles. The van der Waals surface area contributed by atoms with Crippen LogP contribution in [0.15, 0.2) is 18.5 Å². The summed E-state index contributed by atoms with van der Waals surface area (Å²) in [5, 5.41) is 3.02. The number of carbonyl (C=O) groups is 1. The van der Waals surface area contributed by atoms with Gasteiger partial charge in [0.1, 0.15) is 5.60 Å². The molecule has 128 valence electrons. The second-order valence-electron chi connectivity index (χ2n) is 7.43. The minimum absolute atomic E-state index is 0.0150. The van der Waals surface area contributed by atoms with Gasteiger partial charge in [-0.2, -0.15) is 0 Å². The number of anilines is 2. The Labute approximate surface area is 138 Å². The third-order valence-corrected chi connectivity index (χ3v) is 4.33. The molecule has 23 heavy (non-hydrogen) atoms. The molecule has 0 aromatic carbocycles. The Morgan fingerprint density at radius 2 is 2.09 bits per heavy atom. The van der Waals surface area contributed by atoms with E-state index in [9.17, 15) is 4.79 Å². The first-order chi connectivity index (χ1) is 10.7. The average molecular weight is 320 g/mol. The first-order valence-corrected chi connectivity index (χ1v) is 8.11. The van der Waals surface area contributed by atoms with E-state index in [4.69, 9.17) is 10.5 Å². The third kappa shape index (κ3) is 4.50. The fourth-order valence-electron chi connectivity index (χ4n) is 2.91. The van der Waals surface area contributed by atoms with Crippen LogP contribution in [-0.2, 0) is 4.74 Å². The van der Waals surface area contributed by atoms with E-state index in [1.807, 2.05) is 26.8 Å². The number of hydrogen-bond acceptors (Lipinski definition) is 5. The zero-order valence-electron chi connectivity index (χ0n) is 14.7. The number of hydrogen-bond donors (Lipinski definition) is 2. The summed E-state index contributed by atoms with van der Waals surface area (Å²) >= 11 is 0. The molecule has 0 saturated carbocycles. The fourth-order valence-corrected chi connectivity index (χ4v) is 2.91. The number of nitrogens with two attached hydrogens (primary N) is 1. The molecule has 3 atom stereocenters. The molecule has 0 bridgehead atoms. The number of piperidine rings is 1. The molecular formula is C17H28N4O2. The smallest absolute Gasteiger partial charge is 0.407 e. The number of ether oxygens (including phenoxy) is 1. The molecule has 2 rings (SSSR count). The maximum Gasteiger partial charge on any atom is 0.407 e. The van der Waals surface area contributed by atoms with Crippen LogP contribution >= 0.6 is 0 Å². The van der Waals surface area contributed by atoms with E-state index in [1.165, 1.54) is 0 Å². The number of nitrogens with one attached hydrogen (secondary N) is 1. The van der Waals surface area contributed by atoms with Gasteiger partial charge in [0.05, 0.1) is 23.6 Å². The predicted molar refractivity (Wildman–Crippen MR) is 92.3 cm³/mol. The molecule has 1 aromatic rings. The van der Waals surface area contributed by atoms with Gasteiger partial charge in [-0.1, -0.05) is 13.8 Å². The molecule has 3 N–H and O–H groups in total. The average Bonchev–Trinajstić information content (AvgIpc) is 2.42. The molecule has 1 saturated heterocycles. The highest BCUT2D eigenvalue weighted by molar-refractivity contribution is 5.69. The number of carbonyl (C=O) groups excluding carboxylic acids is 1. The summed E-state index contributed by atoms with van der Waals surface area (Å²) in [6.45, 7) is 11.6. The van der Waals surface area contributed by atoms with E-state index in [1.54, 1.807) is 12.4 Å². The van der Waals surface area contributed by atoms with Crippen molar-refractivity contribution in [1.29, 1.82) is 0 Å². The SMILES string of the molecule is C[C@H]1[C@@H](C)CN(c2ccncc2N)C[C@H]1NC(=O)OC(C)(C)C. The fraction of sp³-hybridized carbons (Fsp3) is 0.647. The van der Waals surface area contributed by atoms with Gasteiger partial charge in [-0.05, 0) is 38.7 Å². The number of nitrogen functional groups attached to an aromatic ring is 1. The van der Waals surface area contributed by atoms with Gasteiger partial charge in [-0.15, -0.1) is 0 Å². The molecule has 1 fully saturated rings. The summed E-state index contributed by atoms with van der Waals surface area (Å²) in [5.41, 5.74) is 7.17. The summed E-state index contributed by atoms with van der Waals surface area (Å²) in [6.07, 6.45) is 3.03. The summed E-state index contributed by atoms with van der Waals surface area (Å²) in [4.78, 5) is 18.4. The van der Waals surface area contributed by atoms with Crippen LogP contribution < -0.4 is 16.0 Å². The number of aromatic nitrogens is 1. The summed E-state index contributed by atoms with van der Waals surface area (Å²) in [7, 11) is 0. The van der Waals surface area contributed by atoms with Crippen molar-refractivity contribution in [1.82, 2.24) is 10.3 Å². The highest BCUT2D eigenvalue weighted by Gasteiger charge is 2.34. The van der Waals surface area contributed by atoms with Crippen LogP contribution in [0.1, 0.15) is 34.6 Å². The van der Waals surface area contributed by atoms with Crippen molar-refractivity contribution in [2.24, 2.45) is 11.8 Å². The Kier molecular flexibility index (Phi) is 5.02. The van der Waals surface area contributed by atoms with E-state index in [0.717, 1.165) is 12.2 Å². The molecule has 0 unspecified atom stereocenters. The van der Waals surface area contributed by atoms with E-state index in [0.29, 0.717) is 24.1 Å². The Morgan fingerprint density at radius 3 is 2.70 bits per heavy atom. The monoisotopic (exact) mass is 320 g/mol. The minimum Gasteiger partial charge on any atom is -0.444 e. The Bertz CT molecular complexity index is 556. The minimum atomic E-state index is -0.497. The molecule has 2 heterocycles. The van der Waals surface area contributed by atoms with Gasteiger partial charge in [-0.25, -0.2) is 4.79 Å². The zero-order chi connectivity index (χ0) is 17.2. The normalized spacial score (nSPS) is 25.1. The molecule has 1 aliphatic heterocycles. The van der Waals surface area contributed by atoms with Crippen molar-refractivity contribution in [3.8, 4) is 0 Å². The molecule has 1 amide bonds. The van der Waals surface area contributed by atoms with E-state index >= 15 is 0 Å². The summed E-state index contributed by atoms with van der Waals surface area (Å²) in [6, 6.07) is 1.93. The Balaban J connectivity index is 2.10. The van der Waals surface area contributed by atoms with Gasteiger partial charge in [0.2, 0.25) is 0 Å². The highest BCUT2D eigenvalue weighted by atomic mass is 16.6. The van der Waals surface area contributed by atoms with Crippen molar-refractivity contribution < 1.29 is 9.53 Å². The number of alkyl carbamates (subject to hydrolysis) is 1. The number of pyridine rings is 1. The van der Waals surface area contributed by atoms with Crippen molar-refractivity contribution in [3.05, 3.63) is 18.5 Å². The van der Waals surface area contributed by atoms with Crippen LogP contribution in [-0.4, -0.2) is 35.8 Å². The number of rotatable bonds is 2. The lowest BCUT2D eigenvalue weighted by molar-refractivity contribution is 0.0472. The molecular weight excluding hydrogens is 292 g/mol. The molecule has 6 heteroatoms. The Morgan fingerprint density at radius 1 is 1.39 bits per heavy atom. The van der Waals surface area contributed by atoms with Crippen LogP contribution in [0, 0.1) is 11.8 Å². The Hall–Kier alpha value is -1.98. The topological polar surface area (TPSA) is 80.5 Å². The van der Waals surface area contributed by atoms with Crippen molar-refractivity contribution in [2.45, 2.75) is 46.3 Å². The van der Waals surface area contributed by atoms with Crippen molar-refractivity contribution in [2.75, 3.05) is 23.7 Å². The van der Waals surface area contributed by atoms with Gasteiger partial charge in [-0.3, -0.25) is 4.98 Å². The molecule has 0 radical (unpaired) electrons. The van der Waals surface area contributed by atoms with Crippen LogP contribution in [0.5, 0.6) is 0 Å². The van der Waals surface area contributed by atoms with Crippen molar-refractivity contribution >= 4 is 17.5 Å². The summed E-state index contributed by atoms with van der Waals surface area (Å²) in [5.74, 6) is 0.790. The predicted octanol–water partition coefficient (Wildman–Crippen LogP) is 2.65. The number of amides is 1. The zero-order valence-corrected chi connectivity index (χ0v) is 14.7. The number of nitrogens with zero attached hydrogens (tertiary/aromatic N) is 2. The highest BCUT2D eigenvalue weighted by Crippen LogP contribution is 2.30. The first-order valence-electron chi connectivity index (χ1n) is 8.11. The van der Waals surface area contributed by atoms with Gasteiger partial charge in [0, 0.05) is 19.3 Å². The van der Waals surface area contributed by atoms with Crippen LogP contribution in [0.3, 0.4) is 0 Å². The van der Waals surface area contributed by atoms with Crippen LogP contribution in [0.2, 0.25) is 0 Å². The van der Waals surface area contributed by atoms with E-state index < -0.39 is 5.60 Å². The second kappa shape index (κ2) is 6.64. The third-order valence-electron chi connectivity index (χ3n) is 4.33. The lowest BCUT2D eigenvalue weighted by Crippen LogP contribution is -2.55. The lowest BCUT2D eigenvalue weighted by atomic mass is 9.84. The second-order valence-corrected chi connectivity index (χ2v) is 7.43. The van der Waals surface area contributed by atoms with Crippen LogP contribution in [0.4, 0.5) is 16.2 Å². The van der Waals surface area contributed by atoms with Gasteiger partial charge in [0.25, 0.3) is 0 Å². The van der Waals surface area contributed by atoms with E-state index in [-0.39, 0.29) is 12.1 Å². The molecule has 6 nitrogen and oxygen atoms in total. The van der Waals surface area contributed by atoms with Crippen molar-refractivity contribution in [3.63, 3.8) is 0 Å². The largest absolute Gasteiger partial charge is 0.444 e. The molecule has 1 aromatic heterocycles. The van der Waals surface area contributed by atoms with Gasteiger partial charge < -0.3 is 20.7 Å². The molecule has 1 aliphatic rings. The quantitative estimate of drug-likeness (QED) is 0.875. The maximum absolute atomic E-state index is 12.1. The van der Waals surface area contributed by atoms with Crippen LogP contribution in [0.25, 0.3) is 0 Å². The first kappa shape index (κ1) is 17.4. The van der Waals surface area contributed by atoms with E-state index in [2.05, 4.69) is 29.0 Å². The molecule has 0 spiro atoms. The maximum atomic E-state index is 12.1. The lowest BCUT2D eigenvalue weighted by Gasteiger charge is -2.43. The standard InChI is InChI=1S/C17H28N4O2/c1-11-9-21(15-6-7-19-8-13(15)18)10-14(12(11)2)20-16(22)23-17(3,4)5/h6-8,11-12,14H,9-10,18H2,1-5H3,(H,20,22)/t11-,12-,14+/m0/s1. The van der Waals surface area contributed by atoms with Gasteiger partial charge in [0.15, 0.2) is 0 Å². The van der Waals surface area contributed by atoms with Gasteiger partial charge >= 0.3 is 6.09 Å². The summed E-state index contributed by atoms with van der Waals surface area (Å²) < 4.78 is 5.39.